The molecule has 2 aromatic rings. The number of methoxy groups -OCH3 is 1. The van der Waals surface area contributed by atoms with Crippen LogP contribution in [0, 0.1) is 6.92 Å². The molecule has 0 aromatic heterocycles. The van der Waals surface area contributed by atoms with Crippen molar-refractivity contribution in [3.05, 3.63) is 47.5 Å². The third kappa shape index (κ3) is 6.16. The molecule has 0 radical (unpaired) electrons. The van der Waals surface area contributed by atoms with Crippen LogP contribution in [0.3, 0.4) is 0 Å². The van der Waals surface area contributed by atoms with Gasteiger partial charge in [-0.25, -0.2) is 0 Å². The summed E-state index contributed by atoms with van der Waals surface area (Å²) >= 11 is 0. The second-order valence-electron chi connectivity index (χ2n) is 6.70. The number of hydrogen-bond acceptors (Lipinski definition) is 4. The van der Waals surface area contributed by atoms with Crippen LogP contribution in [0.5, 0.6) is 17.2 Å². The Kier molecular flexibility index (Phi) is 8.14. The van der Waals surface area contributed by atoms with Crippen molar-refractivity contribution in [2.45, 2.75) is 27.3 Å². The maximum atomic E-state index is 12.5. The van der Waals surface area contributed by atoms with E-state index < -0.39 is 0 Å². The van der Waals surface area contributed by atoms with Gasteiger partial charge in [0.2, 0.25) is 0 Å². The van der Waals surface area contributed by atoms with E-state index in [-0.39, 0.29) is 5.91 Å². The van der Waals surface area contributed by atoms with Gasteiger partial charge in [-0.3, -0.25) is 4.79 Å². The summed E-state index contributed by atoms with van der Waals surface area (Å²) in [7, 11) is 3.66. The molecule has 1 atom stereocenters. The standard InChI is InChI=1S/C22H30N2O4/c1-6-27-20-11-9-18(13-21(20)28-7-2)23-22(25)15-24(4)14-17-12-16(3)8-10-19(17)26-5/h8-13H,6-7,14-15H2,1-5H3,(H,23,25)/p+1. The van der Waals surface area contributed by atoms with Gasteiger partial charge < -0.3 is 24.4 Å². The van der Waals surface area contributed by atoms with Crippen LogP contribution in [0.25, 0.3) is 0 Å². The van der Waals surface area contributed by atoms with E-state index in [4.69, 9.17) is 14.2 Å². The van der Waals surface area contributed by atoms with Gasteiger partial charge in [-0.2, -0.15) is 0 Å². The largest absolute Gasteiger partial charge is 0.496 e. The predicted molar refractivity (Wildman–Crippen MR) is 111 cm³/mol. The average Bonchev–Trinajstić information content (AvgIpc) is 2.64. The monoisotopic (exact) mass is 387 g/mol. The van der Waals surface area contributed by atoms with Gasteiger partial charge in [-0.1, -0.05) is 11.6 Å². The third-order valence-corrected chi connectivity index (χ3v) is 4.22. The minimum atomic E-state index is -0.0595. The Bertz CT molecular complexity index is 792. The van der Waals surface area contributed by atoms with Crippen LogP contribution in [0.4, 0.5) is 5.69 Å². The molecule has 2 aromatic carbocycles. The number of quaternary nitrogens is 1. The number of carbonyl (C=O) groups excluding carboxylic acids is 1. The minimum absolute atomic E-state index is 0.0595. The highest BCUT2D eigenvalue weighted by atomic mass is 16.5. The first-order valence-corrected chi connectivity index (χ1v) is 9.61. The molecule has 6 nitrogen and oxygen atoms in total. The highest BCUT2D eigenvalue weighted by molar-refractivity contribution is 5.91. The number of hydrogen-bond donors (Lipinski definition) is 2. The Hall–Kier alpha value is -2.73. The lowest BCUT2D eigenvalue weighted by Gasteiger charge is -2.17. The van der Waals surface area contributed by atoms with Gasteiger partial charge in [-0.05, 0) is 45.0 Å². The molecule has 152 valence electrons. The van der Waals surface area contributed by atoms with Gasteiger partial charge in [0.05, 0.1) is 27.4 Å². The Morgan fingerprint density at radius 2 is 1.68 bits per heavy atom. The lowest BCUT2D eigenvalue weighted by Crippen LogP contribution is -3.08. The molecule has 0 aliphatic carbocycles. The van der Waals surface area contributed by atoms with Crippen molar-refractivity contribution in [2.24, 2.45) is 0 Å². The van der Waals surface area contributed by atoms with Gasteiger partial charge in [-0.15, -0.1) is 0 Å². The summed E-state index contributed by atoms with van der Waals surface area (Å²) < 4.78 is 16.6. The van der Waals surface area contributed by atoms with Crippen molar-refractivity contribution in [3.63, 3.8) is 0 Å². The van der Waals surface area contributed by atoms with E-state index in [1.807, 2.05) is 52.1 Å². The molecule has 1 amide bonds. The van der Waals surface area contributed by atoms with Crippen LogP contribution >= 0.6 is 0 Å². The van der Waals surface area contributed by atoms with Crippen molar-refractivity contribution in [3.8, 4) is 17.2 Å². The van der Waals surface area contributed by atoms with Gasteiger partial charge in [0.25, 0.3) is 5.91 Å². The van der Waals surface area contributed by atoms with E-state index in [2.05, 4.69) is 11.4 Å². The Balaban J connectivity index is 1.99. The van der Waals surface area contributed by atoms with Crippen LogP contribution in [0.15, 0.2) is 36.4 Å². The molecular formula is C22H31N2O4+. The topological polar surface area (TPSA) is 61.2 Å². The zero-order chi connectivity index (χ0) is 20.5. The second-order valence-corrected chi connectivity index (χ2v) is 6.70. The SMILES string of the molecule is CCOc1ccc(NC(=O)C[NH+](C)Cc2cc(C)ccc2OC)cc1OCC. The Labute approximate surface area is 167 Å². The van der Waals surface area contributed by atoms with E-state index in [1.165, 1.54) is 5.56 Å². The number of likely N-dealkylation sites (N-methyl/N-ethyl adjacent to an activating group) is 1. The fourth-order valence-corrected chi connectivity index (χ4v) is 3.04. The molecular weight excluding hydrogens is 356 g/mol. The summed E-state index contributed by atoms with van der Waals surface area (Å²) in [5.74, 6) is 2.10. The van der Waals surface area contributed by atoms with Crippen molar-refractivity contribution in [2.75, 3.05) is 39.2 Å². The molecule has 0 saturated heterocycles. The average molecular weight is 388 g/mol. The molecule has 6 heteroatoms. The quantitative estimate of drug-likeness (QED) is 0.657. The summed E-state index contributed by atoms with van der Waals surface area (Å²) in [6.07, 6.45) is 0. The van der Waals surface area contributed by atoms with Crippen LogP contribution in [0.1, 0.15) is 25.0 Å². The number of rotatable bonds is 10. The number of anilines is 1. The predicted octanol–water partition coefficient (Wildman–Crippen LogP) is 2.45. The van der Waals surface area contributed by atoms with E-state index >= 15 is 0 Å². The summed E-state index contributed by atoms with van der Waals surface area (Å²) in [5.41, 5.74) is 2.95. The van der Waals surface area contributed by atoms with Crippen LogP contribution in [0.2, 0.25) is 0 Å². The maximum Gasteiger partial charge on any atom is 0.279 e. The molecule has 28 heavy (non-hydrogen) atoms. The number of benzene rings is 2. The van der Waals surface area contributed by atoms with Crippen molar-refractivity contribution >= 4 is 11.6 Å². The summed E-state index contributed by atoms with van der Waals surface area (Å²) in [4.78, 5) is 13.5. The fraction of sp³-hybridized carbons (Fsp3) is 0.409. The van der Waals surface area contributed by atoms with Crippen LogP contribution in [-0.2, 0) is 11.3 Å². The summed E-state index contributed by atoms with van der Waals surface area (Å²) in [5, 5.41) is 2.94. The maximum absolute atomic E-state index is 12.5. The molecule has 1 unspecified atom stereocenters. The van der Waals surface area contributed by atoms with Gasteiger partial charge in [0.1, 0.15) is 12.3 Å². The normalized spacial score (nSPS) is 11.6. The molecule has 0 aliphatic rings. The fourth-order valence-electron chi connectivity index (χ4n) is 3.04. The number of aryl methyl sites for hydroxylation is 1. The van der Waals surface area contributed by atoms with Crippen molar-refractivity contribution < 1.29 is 23.9 Å². The molecule has 0 fully saturated rings. The van der Waals surface area contributed by atoms with E-state index in [9.17, 15) is 4.79 Å². The van der Waals surface area contributed by atoms with Gasteiger partial charge >= 0.3 is 0 Å². The summed E-state index contributed by atoms with van der Waals surface area (Å²) in [6.45, 7) is 8.02. The molecule has 0 aliphatic heterocycles. The molecule has 0 spiro atoms. The van der Waals surface area contributed by atoms with Crippen molar-refractivity contribution in [1.82, 2.24) is 0 Å². The molecule has 0 saturated carbocycles. The zero-order valence-electron chi connectivity index (χ0n) is 17.4. The minimum Gasteiger partial charge on any atom is -0.496 e. The van der Waals surface area contributed by atoms with Crippen molar-refractivity contribution in [1.29, 1.82) is 0 Å². The first-order chi connectivity index (χ1) is 13.5. The lowest BCUT2D eigenvalue weighted by molar-refractivity contribution is -0.885. The molecule has 2 N–H and O–H groups in total. The first kappa shape index (κ1) is 21.6. The van der Waals surface area contributed by atoms with E-state index in [0.29, 0.717) is 43.5 Å². The van der Waals surface area contributed by atoms with Crippen LogP contribution < -0.4 is 24.4 Å². The first-order valence-electron chi connectivity index (χ1n) is 9.61. The van der Waals surface area contributed by atoms with E-state index in [1.54, 1.807) is 13.2 Å². The third-order valence-electron chi connectivity index (χ3n) is 4.22. The molecule has 0 heterocycles. The number of amides is 1. The lowest BCUT2D eigenvalue weighted by atomic mass is 10.1. The van der Waals surface area contributed by atoms with Gasteiger partial charge in [0.15, 0.2) is 18.0 Å². The highest BCUT2D eigenvalue weighted by Gasteiger charge is 2.15. The molecule has 0 bridgehead atoms. The highest BCUT2D eigenvalue weighted by Crippen LogP contribution is 2.30. The smallest absolute Gasteiger partial charge is 0.279 e. The zero-order valence-corrected chi connectivity index (χ0v) is 17.4. The number of carbonyl (C=O) groups is 1. The Morgan fingerprint density at radius 3 is 2.36 bits per heavy atom. The van der Waals surface area contributed by atoms with Gasteiger partial charge in [0, 0.05) is 17.3 Å². The number of nitrogens with one attached hydrogen (secondary N) is 2. The number of ether oxygens (including phenoxy) is 3. The van der Waals surface area contributed by atoms with E-state index in [0.717, 1.165) is 16.2 Å². The van der Waals surface area contributed by atoms with Crippen LogP contribution in [-0.4, -0.2) is 39.8 Å². The second kappa shape index (κ2) is 10.6. The Morgan fingerprint density at radius 1 is 1.00 bits per heavy atom. The summed E-state index contributed by atoms with van der Waals surface area (Å²) in [6, 6.07) is 11.5. The molecule has 2 rings (SSSR count).